The first kappa shape index (κ1) is 19.2. The van der Waals surface area contributed by atoms with E-state index < -0.39 is 0 Å². The van der Waals surface area contributed by atoms with Gasteiger partial charge >= 0.3 is 0 Å². The van der Waals surface area contributed by atoms with Gasteiger partial charge in [-0.15, -0.1) is 0 Å². The molecule has 4 rings (SSSR count). The zero-order chi connectivity index (χ0) is 20.4. The summed E-state index contributed by atoms with van der Waals surface area (Å²) in [5, 5.41) is 4.06. The lowest BCUT2D eigenvalue weighted by Gasteiger charge is -2.45. The van der Waals surface area contributed by atoms with Crippen LogP contribution in [0.3, 0.4) is 0 Å². The monoisotopic (exact) mass is 390 g/mol. The minimum absolute atomic E-state index is 0.0244. The molecule has 150 valence electrons. The SMILES string of the molecule is Cc1ccccc1-c1noc(CC(=O)N2CC(C)N(c3ccccc3)C(C)C2)n1. The fourth-order valence-corrected chi connectivity index (χ4v) is 4.14. The van der Waals surface area contributed by atoms with Crippen LogP contribution in [0.4, 0.5) is 5.69 Å². The van der Waals surface area contributed by atoms with E-state index in [2.05, 4.69) is 41.0 Å². The molecular weight excluding hydrogens is 364 g/mol. The van der Waals surface area contributed by atoms with Crippen molar-refractivity contribution in [2.45, 2.75) is 39.3 Å². The third-order valence-electron chi connectivity index (χ3n) is 5.48. The first-order chi connectivity index (χ1) is 14.0. The number of nitrogens with zero attached hydrogens (tertiary/aromatic N) is 4. The molecule has 0 saturated carbocycles. The van der Waals surface area contributed by atoms with E-state index >= 15 is 0 Å². The highest BCUT2D eigenvalue weighted by Gasteiger charge is 2.32. The van der Waals surface area contributed by atoms with Crippen molar-refractivity contribution in [3.8, 4) is 11.4 Å². The number of carbonyl (C=O) groups is 1. The average molecular weight is 390 g/mol. The Balaban J connectivity index is 1.43. The molecule has 2 heterocycles. The van der Waals surface area contributed by atoms with Gasteiger partial charge in [0.1, 0.15) is 6.42 Å². The summed E-state index contributed by atoms with van der Waals surface area (Å²) in [5.74, 6) is 0.914. The van der Waals surface area contributed by atoms with Crippen LogP contribution in [0.15, 0.2) is 59.1 Å². The zero-order valence-corrected chi connectivity index (χ0v) is 17.1. The Morgan fingerprint density at radius 1 is 1.03 bits per heavy atom. The van der Waals surface area contributed by atoms with E-state index in [0.717, 1.165) is 11.1 Å². The van der Waals surface area contributed by atoms with E-state index in [1.165, 1.54) is 5.69 Å². The smallest absolute Gasteiger partial charge is 0.236 e. The normalized spacial score (nSPS) is 19.4. The van der Waals surface area contributed by atoms with Crippen molar-refractivity contribution in [3.63, 3.8) is 0 Å². The second-order valence-corrected chi connectivity index (χ2v) is 7.74. The van der Waals surface area contributed by atoms with E-state index in [0.29, 0.717) is 24.8 Å². The third kappa shape index (κ3) is 4.01. The van der Waals surface area contributed by atoms with Crippen molar-refractivity contribution < 1.29 is 9.32 Å². The summed E-state index contributed by atoms with van der Waals surface area (Å²) in [6, 6.07) is 18.7. The molecule has 0 aliphatic carbocycles. The predicted octanol–water partition coefficient (Wildman–Crippen LogP) is 3.71. The van der Waals surface area contributed by atoms with Crippen LogP contribution in [0.25, 0.3) is 11.4 Å². The van der Waals surface area contributed by atoms with E-state index in [1.807, 2.05) is 54.3 Å². The van der Waals surface area contributed by atoms with Crippen molar-refractivity contribution >= 4 is 11.6 Å². The van der Waals surface area contributed by atoms with Crippen LogP contribution in [0.1, 0.15) is 25.3 Å². The minimum atomic E-state index is 0.0244. The standard InChI is InChI=1S/C23H26N4O2/c1-16-9-7-8-12-20(16)23-24-21(29-25-23)13-22(28)26-14-17(2)27(18(3)15-26)19-10-5-4-6-11-19/h4-12,17-18H,13-15H2,1-3H3. The first-order valence-electron chi connectivity index (χ1n) is 10.0. The predicted molar refractivity (Wildman–Crippen MR) is 113 cm³/mol. The van der Waals surface area contributed by atoms with Gasteiger partial charge in [-0.25, -0.2) is 0 Å². The highest BCUT2D eigenvalue weighted by atomic mass is 16.5. The molecule has 1 amide bonds. The maximum Gasteiger partial charge on any atom is 0.236 e. The topological polar surface area (TPSA) is 62.5 Å². The number of rotatable bonds is 4. The van der Waals surface area contributed by atoms with Crippen molar-refractivity contribution in [2.75, 3.05) is 18.0 Å². The van der Waals surface area contributed by atoms with Gasteiger partial charge in [0, 0.05) is 36.4 Å². The fourth-order valence-electron chi connectivity index (χ4n) is 4.14. The van der Waals surface area contributed by atoms with Crippen molar-refractivity contribution in [2.24, 2.45) is 0 Å². The molecule has 1 aliphatic heterocycles. The van der Waals surface area contributed by atoms with Crippen molar-refractivity contribution in [1.82, 2.24) is 15.0 Å². The van der Waals surface area contributed by atoms with Gasteiger partial charge in [-0.1, -0.05) is 47.6 Å². The number of para-hydroxylation sites is 1. The Hall–Kier alpha value is -3.15. The quantitative estimate of drug-likeness (QED) is 0.680. The number of piperazine rings is 1. The van der Waals surface area contributed by atoms with Crippen LogP contribution >= 0.6 is 0 Å². The van der Waals surface area contributed by atoms with E-state index in [-0.39, 0.29) is 24.4 Å². The van der Waals surface area contributed by atoms with Crippen LogP contribution in [0.5, 0.6) is 0 Å². The van der Waals surface area contributed by atoms with E-state index in [4.69, 9.17) is 4.52 Å². The molecule has 29 heavy (non-hydrogen) atoms. The van der Waals surface area contributed by atoms with Gasteiger partial charge in [-0.05, 0) is 38.5 Å². The van der Waals surface area contributed by atoms with Gasteiger partial charge in [0.05, 0.1) is 0 Å². The summed E-state index contributed by atoms with van der Waals surface area (Å²) in [7, 11) is 0. The lowest BCUT2D eigenvalue weighted by Crippen LogP contribution is -2.58. The number of aryl methyl sites for hydroxylation is 1. The Kier molecular flexibility index (Phi) is 5.34. The molecule has 2 aromatic carbocycles. The van der Waals surface area contributed by atoms with Gasteiger partial charge in [0.15, 0.2) is 0 Å². The number of anilines is 1. The number of benzene rings is 2. The molecule has 6 nitrogen and oxygen atoms in total. The maximum absolute atomic E-state index is 12.9. The van der Waals surface area contributed by atoms with Crippen LogP contribution in [0, 0.1) is 6.92 Å². The third-order valence-corrected chi connectivity index (χ3v) is 5.48. The van der Waals surface area contributed by atoms with Gasteiger partial charge in [-0.2, -0.15) is 4.98 Å². The average Bonchev–Trinajstić information content (AvgIpc) is 3.16. The first-order valence-corrected chi connectivity index (χ1v) is 10.0. The summed E-state index contributed by atoms with van der Waals surface area (Å²) in [5.41, 5.74) is 3.19. The Labute approximate surface area is 171 Å². The Morgan fingerprint density at radius 3 is 2.38 bits per heavy atom. The van der Waals surface area contributed by atoms with Gasteiger partial charge in [0.2, 0.25) is 17.6 Å². The van der Waals surface area contributed by atoms with Crippen LogP contribution < -0.4 is 4.90 Å². The molecule has 0 N–H and O–H groups in total. The van der Waals surface area contributed by atoms with Crippen molar-refractivity contribution in [1.29, 1.82) is 0 Å². The van der Waals surface area contributed by atoms with Crippen molar-refractivity contribution in [3.05, 3.63) is 66.1 Å². The summed E-state index contributed by atoms with van der Waals surface area (Å²) >= 11 is 0. The number of carbonyl (C=O) groups excluding carboxylic acids is 1. The molecule has 1 aliphatic rings. The van der Waals surface area contributed by atoms with Gasteiger partial charge < -0.3 is 14.3 Å². The highest BCUT2D eigenvalue weighted by molar-refractivity contribution is 5.78. The molecule has 1 aromatic heterocycles. The lowest BCUT2D eigenvalue weighted by molar-refractivity contribution is -0.132. The van der Waals surface area contributed by atoms with Crippen LogP contribution in [-0.2, 0) is 11.2 Å². The Bertz CT molecular complexity index is 973. The Morgan fingerprint density at radius 2 is 1.69 bits per heavy atom. The van der Waals surface area contributed by atoms with E-state index in [9.17, 15) is 4.79 Å². The number of amides is 1. The summed E-state index contributed by atoms with van der Waals surface area (Å²) < 4.78 is 5.36. The molecule has 6 heteroatoms. The molecule has 3 aromatic rings. The largest absolute Gasteiger partial charge is 0.363 e. The zero-order valence-electron chi connectivity index (χ0n) is 17.1. The summed E-state index contributed by atoms with van der Waals surface area (Å²) in [6.07, 6.45) is 0.129. The van der Waals surface area contributed by atoms with E-state index in [1.54, 1.807) is 0 Å². The van der Waals surface area contributed by atoms with Crippen LogP contribution in [0.2, 0.25) is 0 Å². The number of hydrogen-bond donors (Lipinski definition) is 0. The molecule has 0 radical (unpaired) electrons. The summed E-state index contributed by atoms with van der Waals surface area (Å²) in [6.45, 7) is 7.68. The van der Waals surface area contributed by atoms with Crippen LogP contribution in [-0.4, -0.2) is 46.1 Å². The fraction of sp³-hybridized carbons (Fsp3) is 0.348. The molecule has 2 unspecified atom stereocenters. The van der Waals surface area contributed by atoms with Gasteiger partial charge in [-0.3, -0.25) is 4.79 Å². The number of hydrogen-bond acceptors (Lipinski definition) is 5. The minimum Gasteiger partial charge on any atom is -0.363 e. The molecule has 2 atom stereocenters. The second kappa shape index (κ2) is 8.07. The lowest BCUT2D eigenvalue weighted by atomic mass is 10.1. The molecule has 0 bridgehead atoms. The second-order valence-electron chi connectivity index (χ2n) is 7.74. The summed E-state index contributed by atoms with van der Waals surface area (Å²) in [4.78, 5) is 21.6. The molecule has 1 saturated heterocycles. The molecule has 1 fully saturated rings. The number of aromatic nitrogens is 2. The highest BCUT2D eigenvalue weighted by Crippen LogP contribution is 2.25. The maximum atomic E-state index is 12.9. The molecular formula is C23H26N4O2. The molecule has 0 spiro atoms. The van der Waals surface area contributed by atoms with Gasteiger partial charge in [0.25, 0.3) is 0 Å².